The minimum atomic E-state index is -3.16. The van der Waals surface area contributed by atoms with Crippen LogP contribution in [0.3, 0.4) is 0 Å². The van der Waals surface area contributed by atoms with Gasteiger partial charge in [0.25, 0.3) is 0 Å². The summed E-state index contributed by atoms with van der Waals surface area (Å²) in [5, 5.41) is 4.07. The van der Waals surface area contributed by atoms with E-state index in [0.29, 0.717) is 16.3 Å². The van der Waals surface area contributed by atoms with Crippen molar-refractivity contribution < 1.29 is 8.42 Å². The van der Waals surface area contributed by atoms with Crippen LogP contribution in [-0.2, 0) is 9.84 Å². The molecule has 3 rings (SSSR count). The highest BCUT2D eigenvalue weighted by molar-refractivity contribution is 7.91. The number of hydrogen-bond donors (Lipinski definition) is 1. The number of halogens is 1. The molecule has 0 aromatic heterocycles. The van der Waals surface area contributed by atoms with E-state index < -0.39 is 9.84 Å². The number of hydrogen-bond acceptors (Lipinski definition) is 3. The first-order valence-corrected chi connectivity index (χ1v) is 8.85. The van der Waals surface area contributed by atoms with Crippen LogP contribution in [-0.4, -0.2) is 14.2 Å². The van der Waals surface area contributed by atoms with Crippen molar-refractivity contribution in [3.63, 3.8) is 0 Å². The number of fused-ring (bicyclic) bond motifs is 1. The second-order valence-corrected chi connectivity index (χ2v) is 7.76. The first kappa shape index (κ1) is 14.4. The number of benzene rings is 2. The maximum absolute atomic E-state index is 12.2. The molecule has 0 fully saturated rings. The quantitative estimate of drug-likeness (QED) is 0.910. The summed E-state index contributed by atoms with van der Waals surface area (Å²) in [5.74, 6) is 0.158. The first-order valence-electron chi connectivity index (χ1n) is 6.82. The van der Waals surface area contributed by atoms with Crippen LogP contribution >= 0.6 is 11.6 Å². The summed E-state index contributed by atoms with van der Waals surface area (Å²) >= 11 is 6.25. The van der Waals surface area contributed by atoms with Crippen molar-refractivity contribution in [3.8, 4) is 0 Å². The van der Waals surface area contributed by atoms with Crippen molar-refractivity contribution in [2.75, 3.05) is 11.1 Å². The van der Waals surface area contributed by atoms with Gasteiger partial charge in [0.05, 0.1) is 27.4 Å². The van der Waals surface area contributed by atoms with Gasteiger partial charge in [-0.1, -0.05) is 41.9 Å². The number of anilines is 1. The average Bonchev–Trinajstić information content (AvgIpc) is 2.45. The zero-order chi connectivity index (χ0) is 15.0. The Balaban J connectivity index is 2.02. The smallest absolute Gasteiger partial charge is 0.178 e. The van der Waals surface area contributed by atoms with Gasteiger partial charge < -0.3 is 5.32 Å². The Morgan fingerprint density at radius 1 is 1.14 bits per heavy atom. The van der Waals surface area contributed by atoms with Gasteiger partial charge in [-0.2, -0.15) is 0 Å². The highest BCUT2D eigenvalue weighted by Crippen LogP contribution is 2.36. The van der Waals surface area contributed by atoms with Crippen LogP contribution in [0.1, 0.15) is 23.6 Å². The Labute approximate surface area is 129 Å². The molecule has 2 aromatic rings. The topological polar surface area (TPSA) is 46.2 Å². The Morgan fingerprint density at radius 2 is 1.90 bits per heavy atom. The van der Waals surface area contributed by atoms with E-state index in [1.807, 2.05) is 37.3 Å². The van der Waals surface area contributed by atoms with Gasteiger partial charge >= 0.3 is 0 Å². The van der Waals surface area contributed by atoms with E-state index in [-0.39, 0.29) is 11.8 Å². The fourth-order valence-electron chi connectivity index (χ4n) is 2.73. The minimum Gasteiger partial charge on any atom is -0.377 e. The molecule has 0 spiro atoms. The van der Waals surface area contributed by atoms with E-state index in [1.54, 1.807) is 12.1 Å². The summed E-state index contributed by atoms with van der Waals surface area (Å²) in [6.45, 7) is 1.99. The van der Waals surface area contributed by atoms with Crippen LogP contribution < -0.4 is 5.32 Å². The van der Waals surface area contributed by atoms with E-state index >= 15 is 0 Å². The highest BCUT2D eigenvalue weighted by atomic mass is 35.5. The minimum absolute atomic E-state index is 0.0386. The van der Waals surface area contributed by atoms with Crippen LogP contribution in [0.15, 0.2) is 47.4 Å². The number of aryl methyl sites for hydroxylation is 1. The van der Waals surface area contributed by atoms with Crippen molar-refractivity contribution >= 4 is 27.1 Å². The normalized spacial score (nSPS) is 19.8. The molecule has 21 heavy (non-hydrogen) atoms. The lowest BCUT2D eigenvalue weighted by molar-refractivity contribution is 0.576. The predicted octanol–water partition coefficient (Wildman–Crippen LogP) is 3.98. The van der Waals surface area contributed by atoms with Crippen LogP contribution in [0.5, 0.6) is 0 Å². The zero-order valence-corrected chi connectivity index (χ0v) is 13.2. The predicted molar refractivity (Wildman–Crippen MR) is 85.7 cm³/mol. The molecule has 0 radical (unpaired) electrons. The molecule has 1 atom stereocenters. The zero-order valence-electron chi connectivity index (χ0n) is 11.6. The van der Waals surface area contributed by atoms with Crippen molar-refractivity contribution in [1.29, 1.82) is 0 Å². The van der Waals surface area contributed by atoms with Gasteiger partial charge in [-0.3, -0.25) is 0 Å². The van der Waals surface area contributed by atoms with Gasteiger partial charge in [0.2, 0.25) is 0 Å². The molecule has 1 aliphatic rings. The van der Waals surface area contributed by atoms with Crippen molar-refractivity contribution in [1.82, 2.24) is 0 Å². The van der Waals surface area contributed by atoms with Crippen LogP contribution in [0.4, 0.5) is 5.69 Å². The third-order valence-corrected chi connectivity index (χ3v) is 5.98. The van der Waals surface area contributed by atoms with Gasteiger partial charge in [-0.05, 0) is 36.6 Å². The maximum Gasteiger partial charge on any atom is 0.178 e. The van der Waals surface area contributed by atoms with Gasteiger partial charge in [-0.25, -0.2) is 8.42 Å². The summed E-state index contributed by atoms with van der Waals surface area (Å²) in [4.78, 5) is 0.429. The molecule has 0 bridgehead atoms. The summed E-state index contributed by atoms with van der Waals surface area (Å²) < 4.78 is 24.3. The molecule has 2 aromatic carbocycles. The van der Waals surface area contributed by atoms with Gasteiger partial charge in [-0.15, -0.1) is 0 Å². The molecule has 0 saturated heterocycles. The Kier molecular flexibility index (Phi) is 3.68. The Bertz CT molecular complexity index is 766. The number of sulfone groups is 1. The molecule has 0 amide bonds. The lowest BCUT2D eigenvalue weighted by Gasteiger charge is -2.28. The van der Waals surface area contributed by atoms with Gasteiger partial charge in [0, 0.05) is 0 Å². The molecule has 3 nitrogen and oxygen atoms in total. The molecule has 1 heterocycles. The van der Waals surface area contributed by atoms with E-state index in [0.717, 1.165) is 16.8 Å². The highest BCUT2D eigenvalue weighted by Gasteiger charge is 2.30. The van der Waals surface area contributed by atoms with E-state index in [1.165, 1.54) is 0 Å². The number of nitrogens with one attached hydrogen (secondary N) is 1. The molecule has 5 heteroatoms. The van der Waals surface area contributed by atoms with E-state index in [2.05, 4.69) is 5.32 Å². The summed E-state index contributed by atoms with van der Waals surface area (Å²) in [7, 11) is -3.16. The SMILES string of the molecule is Cc1cccc(Cl)c1NC1CCS(=O)(=O)c2ccccc21. The van der Waals surface area contributed by atoms with E-state index in [9.17, 15) is 8.42 Å². The second kappa shape index (κ2) is 5.35. The Morgan fingerprint density at radius 3 is 2.67 bits per heavy atom. The van der Waals surface area contributed by atoms with Crippen molar-refractivity contribution in [3.05, 3.63) is 58.6 Å². The molecule has 0 aliphatic carbocycles. The molecule has 1 unspecified atom stereocenters. The van der Waals surface area contributed by atoms with Gasteiger partial charge in [0.1, 0.15) is 0 Å². The molecular formula is C16H16ClNO2S. The average molecular weight is 322 g/mol. The molecule has 110 valence electrons. The lowest BCUT2D eigenvalue weighted by Crippen LogP contribution is -2.24. The van der Waals surface area contributed by atoms with Crippen molar-refractivity contribution in [2.45, 2.75) is 24.3 Å². The molecule has 0 saturated carbocycles. The monoisotopic (exact) mass is 321 g/mol. The molecule has 1 N–H and O–H groups in total. The maximum atomic E-state index is 12.2. The third-order valence-electron chi connectivity index (χ3n) is 3.85. The van der Waals surface area contributed by atoms with Crippen molar-refractivity contribution in [2.24, 2.45) is 0 Å². The lowest BCUT2D eigenvalue weighted by atomic mass is 10.0. The number of para-hydroxylation sites is 1. The molecule has 1 aliphatic heterocycles. The third kappa shape index (κ3) is 2.65. The van der Waals surface area contributed by atoms with Crippen LogP contribution in [0.25, 0.3) is 0 Å². The standard InChI is InChI=1S/C16H16ClNO2S/c1-11-5-4-7-13(17)16(11)18-14-9-10-21(19,20)15-8-3-2-6-12(14)15/h2-8,14,18H,9-10H2,1H3. The van der Waals surface area contributed by atoms with Gasteiger partial charge in [0.15, 0.2) is 9.84 Å². The summed E-state index contributed by atoms with van der Waals surface area (Å²) in [6, 6.07) is 12.9. The van der Waals surface area contributed by atoms with Crippen LogP contribution in [0, 0.1) is 6.92 Å². The summed E-state index contributed by atoms with van der Waals surface area (Å²) in [6.07, 6.45) is 0.546. The summed E-state index contributed by atoms with van der Waals surface area (Å²) in [5.41, 5.74) is 2.75. The number of rotatable bonds is 2. The Hall–Kier alpha value is -1.52. The largest absolute Gasteiger partial charge is 0.377 e. The van der Waals surface area contributed by atoms with Crippen LogP contribution in [0.2, 0.25) is 5.02 Å². The molecular weight excluding hydrogens is 306 g/mol. The fraction of sp³-hybridized carbons (Fsp3) is 0.250. The fourth-order valence-corrected chi connectivity index (χ4v) is 4.63. The first-order chi connectivity index (χ1) is 9.99. The second-order valence-electron chi connectivity index (χ2n) is 5.27. The van der Waals surface area contributed by atoms with E-state index in [4.69, 9.17) is 11.6 Å².